The highest BCUT2D eigenvalue weighted by Gasteiger charge is 2.22. The number of anilines is 1. The lowest BCUT2D eigenvalue weighted by Crippen LogP contribution is -2.30. The first-order valence-corrected chi connectivity index (χ1v) is 7.17. The fraction of sp³-hybridized carbons (Fsp3) is 0.312. The number of aryl methyl sites for hydroxylation is 2. The highest BCUT2D eigenvalue weighted by molar-refractivity contribution is 5.98. The van der Waals surface area contributed by atoms with Gasteiger partial charge in [0, 0.05) is 7.05 Å². The zero-order valence-corrected chi connectivity index (χ0v) is 13.7. The van der Waals surface area contributed by atoms with Gasteiger partial charge in [0.15, 0.2) is 17.7 Å². The Morgan fingerprint density at radius 2 is 1.92 bits per heavy atom. The molecular formula is C16H17F2N3O3. The van der Waals surface area contributed by atoms with E-state index in [2.05, 4.69) is 10.4 Å². The predicted octanol–water partition coefficient (Wildman–Crippen LogP) is 2.50. The van der Waals surface area contributed by atoms with Crippen LogP contribution in [0.4, 0.5) is 14.5 Å². The summed E-state index contributed by atoms with van der Waals surface area (Å²) in [5.74, 6) is -3.70. The van der Waals surface area contributed by atoms with Gasteiger partial charge in [-0.3, -0.25) is 9.48 Å². The molecule has 24 heavy (non-hydrogen) atoms. The van der Waals surface area contributed by atoms with Crippen molar-refractivity contribution >= 4 is 17.6 Å². The van der Waals surface area contributed by atoms with Gasteiger partial charge in [0.25, 0.3) is 5.91 Å². The van der Waals surface area contributed by atoms with E-state index >= 15 is 0 Å². The number of amides is 1. The number of hydrogen-bond donors (Lipinski definition) is 1. The molecule has 2 rings (SSSR count). The molecule has 1 atom stereocenters. The van der Waals surface area contributed by atoms with Gasteiger partial charge in [-0.1, -0.05) is 0 Å². The Bertz CT molecular complexity index is 802. The molecule has 1 heterocycles. The molecule has 2 aromatic rings. The van der Waals surface area contributed by atoms with Gasteiger partial charge in [0.05, 0.1) is 22.6 Å². The highest BCUT2D eigenvalue weighted by atomic mass is 19.2. The second-order valence-corrected chi connectivity index (χ2v) is 5.34. The SMILES string of the molecule is Cc1nn(C)c(C)c1NC(=O)[C@H](C)OC(=O)c1ccc(F)c(F)c1. The second kappa shape index (κ2) is 6.77. The predicted molar refractivity (Wildman–Crippen MR) is 82.5 cm³/mol. The van der Waals surface area contributed by atoms with Gasteiger partial charge < -0.3 is 10.1 Å². The maximum absolute atomic E-state index is 13.1. The number of aromatic nitrogens is 2. The third-order valence-corrected chi connectivity index (χ3v) is 3.57. The molecule has 1 aromatic heterocycles. The van der Waals surface area contributed by atoms with E-state index in [0.717, 1.165) is 23.9 Å². The van der Waals surface area contributed by atoms with Crippen LogP contribution < -0.4 is 5.32 Å². The fourth-order valence-corrected chi connectivity index (χ4v) is 2.08. The van der Waals surface area contributed by atoms with Gasteiger partial charge in [-0.15, -0.1) is 0 Å². The second-order valence-electron chi connectivity index (χ2n) is 5.34. The summed E-state index contributed by atoms with van der Waals surface area (Å²) in [6.45, 7) is 4.91. The van der Waals surface area contributed by atoms with Crippen molar-refractivity contribution < 1.29 is 23.1 Å². The highest BCUT2D eigenvalue weighted by Crippen LogP contribution is 2.19. The largest absolute Gasteiger partial charge is 0.449 e. The molecule has 0 radical (unpaired) electrons. The van der Waals surface area contributed by atoms with Gasteiger partial charge in [0.1, 0.15) is 0 Å². The van der Waals surface area contributed by atoms with Crippen LogP contribution in [-0.4, -0.2) is 27.8 Å². The lowest BCUT2D eigenvalue weighted by Gasteiger charge is -2.14. The van der Waals surface area contributed by atoms with Crippen molar-refractivity contribution in [3.63, 3.8) is 0 Å². The Labute approximate surface area is 137 Å². The molecule has 0 spiro atoms. The quantitative estimate of drug-likeness (QED) is 0.870. The van der Waals surface area contributed by atoms with E-state index in [1.807, 2.05) is 0 Å². The smallest absolute Gasteiger partial charge is 0.339 e. The molecule has 1 amide bonds. The maximum Gasteiger partial charge on any atom is 0.339 e. The average Bonchev–Trinajstić information content (AvgIpc) is 2.76. The number of hydrogen-bond acceptors (Lipinski definition) is 4. The van der Waals surface area contributed by atoms with E-state index in [1.54, 1.807) is 25.6 Å². The first kappa shape index (κ1) is 17.6. The number of benzene rings is 1. The molecule has 0 aliphatic carbocycles. The van der Waals surface area contributed by atoms with Crippen LogP contribution in [0.1, 0.15) is 28.7 Å². The molecule has 0 aliphatic rings. The Morgan fingerprint density at radius 1 is 1.25 bits per heavy atom. The molecule has 0 fully saturated rings. The third kappa shape index (κ3) is 3.58. The minimum absolute atomic E-state index is 0.178. The van der Waals surface area contributed by atoms with Crippen molar-refractivity contribution in [2.75, 3.05) is 5.32 Å². The van der Waals surface area contributed by atoms with E-state index < -0.39 is 29.6 Å². The van der Waals surface area contributed by atoms with Crippen LogP contribution in [0.25, 0.3) is 0 Å². The van der Waals surface area contributed by atoms with Gasteiger partial charge >= 0.3 is 5.97 Å². The standard InChI is InChI=1S/C16H17F2N3O3/c1-8-14(9(2)21(4)20-8)19-15(22)10(3)24-16(23)11-5-6-12(17)13(18)7-11/h5-7,10H,1-4H3,(H,19,22)/t10-/m0/s1. The molecule has 128 valence electrons. The number of rotatable bonds is 4. The molecule has 0 saturated heterocycles. The van der Waals surface area contributed by atoms with Crippen molar-refractivity contribution in [3.05, 3.63) is 46.8 Å². The zero-order valence-electron chi connectivity index (χ0n) is 13.7. The zero-order chi connectivity index (χ0) is 18.0. The molecule has 0 saturated carbocycles. The summed E-state index contributed by atoms with van der Waals surface area (Å²) < 4.78 is 32.6. The lowest BCUT2D eigenvalue weighted by molar-refractivity contribution is -0.123. The van der Waals surface area contributed by atoms with E-state index in [-0.39, 0.29) is 5.56 Å². The first-order valence-electron chi connectivity index (χ1n) is 7.17. The summed E-state index contributed by atoms with van der Waals surface area (Å²) in [4.78, 5) is 24.1. The van der Waals surface area contributed by atoms with Crippen molar-refractivity contribution in [2.45, 2.75) is 26.9 Å². The third-order valence-electron chi connectivity index (χ3n) is 3.57. The van der Waals surface area contributed by atoms with Crippen LogP contribution in [0.2, 0.25) is 0 Å². The van der Waals surface area contributed by atoms with Gasteiger partial charge in [-0.2, -0.15) is 5.10 Å². The molecule has 0 aliphatic heterocycles. The number of nitrogens with one attached hydrogen (secondary N) is 1. The summed E-state index contributed by atoms with van der Waals surface area (Å²) >= 11 is 0. The Morgan fingerprint density at radius 3 is 2.46 bits per heavy atom. The lowest BCUT2D eigenvalue weighted by atomic mass is 10.2. The van der Waals surface area contributed by atoms with Crippen LogP contribution >= 0.6 is 0 Å². The van der Waals surface area contributed by atoms with Crippen LogP contribution in [-0.2, 0) is 16.6 Å². The number of esters is 1. The molecule has 6 nitrogen and oxygen atoms in total. The van der Waals surface area contributed by atoms with Crippen LogP contribution in [0, 0.1) is 25.5 Å². The van der Waals surface area contributed by atoms with Crippen molar-refractivity contribution in [2.24, 2.45) is 7.05 Å². The maximum atomic E-state index is 13.1. The average molecular weight is 337 g/mol. The topological polar surface area (TPSA) is 73.2 Å². The van der Waals surface area contributed by atoms with Crippen molar-refractivity contribution in [1.29, 1.82) is 0 Å². The number of halogens is 2. The molecular weight excluding hydrogens is 320 g/mol. The number of ether oxygens (including phenoxy) is 1. The normalized spacial score (nSPS) is 11.9. The molecule has 0 bridgehead atoms. The van der Waals surface area contributed by atoms with Gasteiger partial charge in [-0.05, 0) is 39.0 Å². The summed E-state index contributed by atoms with van der Waals surface area (Å²) in [5.41, 5.74) is 1.74. The number of nitrogens with zero attached hydrogens (tertiary/aromatic N) is 2. The fourth-order valence-electron chi connectivity index (χ4n) is 2.08. The Hall–Kier alpha value is -2.77. The molecule has 1 N–H and O–H groups in total. The van der Waals surface area contributed by atoms with Crippen LogP contribution in [0.15, 0.2) is 18.2 Å². The van der Waals surface area contributed by atoms with E-state index in [4.69, 9.17) is 4.74 Å². The van der Waals surface area contributed by atoms with Crippen LogP contribution in [0.3, 0.4) is 0 Å². The molecule has 8 heteroatoms. The minimum Gasteiger partial charge on any atom is -0.449 e. The van der Waals surface area contributed by atoms with E-state index in [9.17, 15) is 18.4 Å². The van der Waals surface area contributed by atoms with E-state index in [0.29, 0.717) is 11.4 Å². The Kier molecular flexibility index (Phi) is 4.96. The summed E-state index contributed by atoms with van der Waals surface area (Å²) in [6, 6.07) is 2.62. The van der Waals surface area contributed by atoms with Crippen LogP contribution in [0.5, 0.6) is 0 Å². The molecule has 0 unspecified atom stereocenters. The number of carbonyl (C=O) groups excluding carboxylic acids is 2. The number of carbonyl (C=O) groups is 2. The van der Waals surface area contributed by atoms with E-state index in [1.165, 1.54) is 6.92 Å². The molecule has 1 aromatic carbocycles. The Balaban J connectivity index is 2.05. The van der Waals surface area contributed by atoms with Crippen molar-refractivity contribution in [3.8, 4) is 0 Å². The summed E-state index contributed by atoms with van der Waals surface area (Å²) in [5, 5.41) is 6.81. The summed E-state index contributed by atoms with van der Waals surface area (Å²) in [6.07, 6.45) is -1.12. The summed E-state index contributed by atoms with van der Waals surface area (Å²) in [7, 11) is 1.74. The first-order chi connectivity index (χ1) is 11.2. The monoisotopic (exact) mass is 337 g/mol. The van der Waals surface area contributed by atoms with Crippen molar-refractivity contribution in [1.82, 2.24) is 9.78 Å². The minimum atomic E-state index is -1.16. The van der Waals surface area contributed by atoms with Gasteiger partial charge in [0.2, 0.25) is 0 Å². The van der Waals surface area contributed by atoms with Gasteiger partial charge in [-0.25, -0.2) is 13.6 Å².